The molecule has 1 N–H and O–H groups in total. The largest absolute Gasteiger partial charge is 0.480 e. The van der Waals surface area contributed by atoms with E-state index in [0.717, 1.165) is 22.6 Å². The summed E-state index contributed by atoms with van der Waals surface area (Å²) in [6, 6.07) is 5.76. The molecule has 0 radical (unpaired) electrons. The summed E-state index contributed by atoms with van der Waals surface area (Å²) >= 11 is 7.52. The number of nitrogens with zero attached hydrogens (tertiary/aromatic N) is 3. The second kappa shape index (κ2) is 6.54. The fourth-order valence-electron chi connectivity index (χ4n) is 2.85. The molecule has 0 bridgehead atoms. The highest BCUT2D eigenvalue weighted by Gasteiger charge is 2.26. The number of carbonyl (C=O) groups is 1. The third-order valence-corrected chi connectivity index (χ3v) is 5.19. The van der Waals surface area contributed by atoms with E-state index in [2.05, 4.69) is 20.3 Å². The molecular weight excluding hydrogens is 376 g/mol. The van der Waals surface area contributed by atoms with Gasteiger partial charge in [-0.05, 0) is 17.7 Å². The zero-order chi connectivity index (χ0) is 18.3. The minimum Gasteiger partial charge on any atom is -0.480 e. The highest BCUT2D eigenvalue weighted by Crippen LogP contribution is 2.42. The number of anilines is 1. The van der Waals surface area contributed by atoms with Crippen LogP contribution >= 0.6 is 22.9 Å². The van der Waals surface area contributed by atoms with E-state index in [1.165, 1.54) is 37.4 Å². The van der Waals surface area contributed by atoms with Gasteiger partial charge in [0.2, 0.25) is 11.8 Å². The second-order valence-corrected chi connectivity index (χ2v) is 7.01. The van der Waals surface area contributed by atoms with Gasteiger partial charge in [0.15, 0.2) is 10.7 Å². The van der Waals surface area contributed by atoms with Crippen molar-refractivity contribution < 1.29 is 14.3 Å². The van der Waals surface area contributed by atoms with E-state index >= 15 is 0 Å². The Morgan fingerprint density at radius 2 is 1.96 bits per heavy atom. The normalized spacial score (nSPS) is 11.7. The van der Waals surface area contributed by atoms with Gasteiger partial charge < -0.3 is 9.47 Å². The lowest BCUT2D eigenvalue weighted by Crippen LogP contribution is -2.16. The van der Waals surface area contributed by atoms with Gasteiger partial charge in [0.05, 0.1) is 19.9 Å². The average molecular weight is 389 g/mol. The zero-order valence-electron chi connectivity index (χ0n) is 13.9. The number of hydrogen-bond donors (Lipinski definition) is 1. The predicted octanol–water partition coefficient (Wildman–Crippen LogP) is 3.43. The average Bonchev–Trinajstić information content (AvgIpc) is 3.18. The van der Waals surface area contributed by atoms with E-state index < -0.39 is 5.91 Å². The maximum atomic E-state index is 12.7. The van der Waals surface area contributed by atoms with Crippen molar-refractivity contribution in [3.05, 3.63) is 45.6 Å². The fraction of sp³-hybridized carbons (Fsp3) is 0.176. The Balaban J connectivity index is 1.65. The summed E-state index contributed by atoms with van der Waals surface area (Å²) in [6.07, 6.45) is 2.05. The number of fused-ring (bicyclic) bond motifs is 3. The summed E-state index contributed by atoms with van der Waals surface area (Å²) in [6.45, 7) is 0. The molecule has 2 aromatic heterocycles. The summed E-state index contributed by atoms with van der Waals surface area (Å²) in [5.41, 5.74) is 3.16. The van der Waals surface area contributed by atoms with Gasteiger partial charge in [0, 0.05) is 21.9 Å². The van der Waals surface area contributed by atoms with Crippen molar-refractivity contribution >= 4 is 34.0 Å². The van der Waals surface area contributed by atoms with Crippen molar-refractivity contribution in [1.82, 2.24) is 15.0 Å². The molecule has 132 valence electrons. The van der Waals surface area contributed by atoms with E-state index in [4.69, 9.17) is 21.1 Å². The van der Waals surface area contributed by atoms with Gasteiger partial charge in [-0.3, -0.25) is 10.1 Å². The van der Waals surface area contributed by atoms with E-state index in [0.29, 0.717) is 10.2 Å². The van der Waals surface area contributed by atoms with Crippen LogP contribution in [0.4, 0.5) is 5.13 Å². The zero-order valence-corrected chi connectivity index (χ0v) is 15.4. The molecule has 4 rings (SSSR count). The molecule has 0 saturated heterocycles. The van der Waals surface area contributed by atoms with E-state index in [9.17, 15) is 4.79 Å². The van der Waals surface area contributed by atoms with Crippen LogP contribution in [0, 0.1) is 0 Å². The number of rotatable bonds is 4. The van der Waals surface area contributed by atoms with Crippen LogP contribution in [0.15, 0.2) is 24.5 Å². The molecule has 0 unspecified atom stereocenters. The smallest absolute Gasteiger partial charge is 0.268 e. The Morgan fingerprint density at radius 1 is 1.23 bits per heavy atom. The Kier molecular flexibility index (Phi) is 4.21. The first-order chi connectivity index (χ1) is 12.6. The number of thiazole rings is 1. The van der Waals surface area contributed by atoms with Crippen LogP contribution in [0.5, 0.6) is 11.8 Å². The quantitative estimate of drug-likeness (QED) is 0.576. The van der Waals surface area contributed by atoms with Crippen LogP contribution in [0.1, 0.15) is 20.8 Å². The van der Waals surface area contributed by atoms with E-state index in [1.54, 1.807) is 0 Å². The van der Waals surface area contributed by atoms with Gasteiger partial charge in [0.25, 0.3) is 5.91 Å². The van der Waals surface area contributed by atoms with E-state index in [1.807, 2.05) is 18.2 Å². The Labute approximate surface area is 158 Å². The third-order valence-electron chi connectivity index (χ3n) is 3.99. The van der Waals surface area contributed by atoms with Crippen LogP contribution < -0.4 is 14.8 Å². The number of halogens is 1. The van der Waals surface area contributed by atoms with Gasteiger partial charge in [-0.1, -0.05) is 17.7 Å². The number of aromatic nitrogens is 3. The lowest BCUT2D eigenvalue weighted by molar-refractivity contribution is 0.101. The molecule has 26 heavy (non-hydrogen) atoms. The predicted molar refractivity (Wildman–Crippen MR) is 98.5 cm³/mol. The number of amides is 1. The molecular formula is C17H13ClN4O3S. The van der Waals surface area contributed by atoms with Crippen LogP contribution in [0.3, 0.4) is 0 Å². The first-order valence-electron chi connectivity index (χ1n) is 7.63. The Hall–Kier alpha value is -2.71. The molecule has 1 aromatic carbocycles. The first kappa shape index (κ1) is 16.7. The molecule has 2 heterocycles. The third kappa shape index (κ3) is 2.77. The van der Waals surface area contributed by atoms with Crippen LogP contribution in [0.2, 0.25) is 5.02 Å². The molecule has 9 heteroatoms. The fourth-order valence-corrected chi connectivity index (χ4v) is 4.02. The molecule has 0 atom stereocenters. The maximum absolute atomic E-state index is 12.7. The second-order valence-electron chi connectivity index (χ2n) is 5.49. The number of hydrogen-bond acceptors (Lipinski definition) is 7. The minimum atomic E-state index is -0.446. The first-order valence-corrected chi connectivity index (χ1v) is 8.83. The minimum absolute atomic E-state index is 0.122. The molecule has 1 amide bonds. The number of methoxy groups -OCH3 is 2. The molecule has 7 nitrogen and oxygen atoms in total. The van der Waals surface area contributed by atoms with E-state index in [-0.39, 0.29) is 17.3 Å². The van der Waals surface area contributed by atoms with Crippen molar-refractivity contribution in [1.29, 1.82) is 0 Å². The van der Waals surface area contributed by atoms with Gasteiger partial charge in [0.1, 0.15) is 6.33 Å². The molecule has 1 aliphatic carbocycles. The van der Waals surface area contributed by atoms with Crippen LogP contribution in [-0.4, -0.2) is 35.1 Å². The van der Waals surface area contributed by atoms with Crippen molar-refractivity contribution in [2.45, 2.75) is 6.42 Å². The monoisotopic (exact) mass is 388 g/mol. The molecule has 0 spiro atoms. The maximum Gasteiger partial charge on any atom is 0.268 e. The summed E-state index contributed by atoms with van der Waals surface area (Å²) in [7, 11) is 2.86. The van der Waals surface area contributed by atoms with Crippen molar-refractivity contribution in [3.63, 3.8) is 0 Å². The Morgan fingerprint density at radius 3 is 2.65 bits per heavy atom. The summed E-state index contributed by atoms with van der Waals surface area (Å²) in [4.78, 5) is 26.2. The van der Waals surface area contributed by atoms with Gasteiger partial charge in [-0.2, -0.15) is 0 Å². The molecule has 1 aliphatic rings. The number of benzene rings is 1. The SMILES string of the molecule is COc1ncnc(OC)c1C(=O)Nc1nc2c(s1)Cc1ccc(Cl)cc1-2. The highest BCUT2D eigenvalue weighted by atomic mass is 35.5. The summed E-state index contributed by atoms with van der Waals surface area (Å²) in [5.74, 6) is -0.177. The Bertz CT molecular complexity index is 999. The molecule has 3 aromatic rings. The van der Waals surface area contributed by atoms with Gasteiger partial charge in [-0.15, -0.1) is 11.3 Å². The number of nitrogens with one attached hydrogen (secondary N) is 1. The standard InChI is InChI=1S/C17H13ClN4O3S/c1-24-15-12(16(25-2)20-7-19-15)14(23)22-17-21-13-10-6-9(18)4-3-8(10)5-11(13)26-17/h3-4,6-7H,5H2,1-2H3,(H,21,22,23). The summed E-state index contributed by atoms with van der Waals surface area (Å²) in [5, 5.41) is 3.92. The van der Waals surface area contributed by atoms with Crippen molar-refractivity contribution in [2.24, 2.45) is 0 Å². The molecule has 0 saturated carbocycles. The topological polar surface area (TPSA) is 86.2 Å². The molecule has 0 aliphatic heterocycles. The van der Waals surface area contributed by atoms with Crippen LogP contribution in [-0.2, 0) is 6.42 Å². The lowest BCUT2D eigenvalue weighted by Gasteiger charge is -2.09. The number of ether oxygens (including phenoxy) is 2. The molecule has 0 fully saturated rings. The van der Waals surface area contributed by atoms with Crippen molar-refractivity contribution in [2.75, 3.05) is 19.5 Å². The van der Waals surface area contributed by atoms with Gasteiger partial charge >= 0.3 is 0 Å². The summed E-state index contributed by atoms with van der Waals surface area (Å²) < 4.78 is 10.3. The van der Waals surface area contributed by atoms with Crippen molar-refractivity contribution in [3.8, 4) is 23.0 Å². The number of carbonyl (C=O) groups excluding carboxylic acids is 1. The lowest BCUT2D eigenvalue weighted by atomic mass is 10.1. The van der Waals surface area contributed by atoms with Crippen LogP contribution in [0.25, 0.3) is 11.3 Å². The highest BCUT2D eigenvalue weighted by molar-refractivity contribution is 7.16. The van der Waals surface area contributed by atoms with Gasteiger partial charge in [-0.25, -0.2) is 15.0 Å².